The summed E-state index contributed by atoms with van der Waals surface area (Å²) < 4.78 is 0. The minimum Gasteiger partial charge on any atom is -0.357 e. The Kier molecular flexibility index (Phi) is 2.17. The fraction of sp³-hybridized carbons (Fsp3) is 0.300. The molecule has 0 fully saturated rings. The zero-order valence-electron chi connectivity index (χ0n) is 7.29. The van der Waals surface area contributed by atoms with Crippen molar-refractivity contribution in [3.05, 3.63) is 36.2 Å². The number of nitrogens with one attached hydrogen (secondary N) is 2. The predicted molar refractivity (Wildman–Crippen MR) is 50.4 cm³/mol. The number of carbonyl (C=O) groups is 1. The number of hydrogen-bond donors (Lipinski definition) is 2. The maximum Gasteiger partial charge on any atom is 0.267 e. The van der Waals surface area contributed by atoms with Crippen LogP contribution in [0.15, 0.2) is 30.5 Å². The maximum absolute atomic E-state index is 11.5. The van der Waals surface area contributed by atoms with Crippen molar-refractivity contribution in [1.29, 1.82) is 0 Å². The third-order valence-electron chi connectivity index (χ3n) is 2.19. The maximum atomic E-state index is 11.5. The highest BCUT2D eigenvalue weighted by Gasteiger charge is 2.14. The Balaban J connectivity index is 1.92. The van der Waals surface area contributed by atoms with Crippen LogP contribution in [0.4, 0.5) is 0 Å². The van der Waals surface area contributed by atoms with Gasteiger partial charge in [-0.25, -0.2) is 0 Å². The molecule has 3 heteroatoms. The molecule has 0 atom stereocenters. The minimum absolute atomic E-state index is 0.0151. The number of aromatic amines is 1. The standard InChI is InChI=1S/C10H12N2O/c13-10(9-6-3-7-11-9)12-8-4-1-2-5-8/h1-3,6-8,11H,4-5H2,(H,12,13). The third kappa shape index (κ3) is 1.80. The van der Waals surface area contributed by atoms with Gasteiger partial charge < -0.3 is 10.3 Å². The Morgan fingerprint density at radius 2 is 2.23 bits per heavy atom. The molecule has 2 N–H and O–H groups in total. The first-order valence-corrected chi connectivity index (χ1v) is 4.45. The largest absolute Gasteiger partial charge is 0.357 e. The van der Waals surface area contributed by atoms with Crippen LogP contribution in [0.3, 0.4) is 0 Å². The quantitative estimate of drug-likeness (QED) is 0.658. The summed E-state index contributed by atoms with van der Waals surface area (Å²) in [4.78, 5) is 14.4. The highest BCUT2D eigenvalue weighted by Crippen LogP contribution is 2.09. The van der Waals surface area contributed by atoms with Gasteiger partial charge in [0.05, 0.1) is 0 Å². The summed E-state index contributed by atoms with van der Waals surface area (Å²) in [5, 5.41) is 2.95. The average molecular weight is 176 g/mol. The van der Waals surface area contributed by atoms with E-state index in [1.165, 1.54) is 0 Å². The van der Waals surface area contributed by atoms with E-state index in [1.807, 2.05) is 6.07 Å². The van der Waals surface area contributed by atoms with Crippen molar-refractivity contribution in [3.63, 3.8) is 0 Å². The van der Waals surface area contributed by atoms with Gasteiger partial charge in [-0.15, -0.1) is 0 Å². The molecule has 1 aromatic rings. The monoisotopic (exact) mass is 176 g/mol. The van der Waals surface area contributed by atoms with E-state index in [0.717, 1.165) is 12.8 Å². The lowest BCUT2D eigenvalue weighted by Crippen LogP contribution is -2.32. The highest BCUT2D eigenvalue weighted by atomic mass is 16.1. The molecule has 0 saturated heterocycles. The van der Waals surface area contributed by atoms with Crippen LogP contribution >= 0.6 is 0 Å². The normalized spacial score (nSPS) is 16.3. The molecule has 0 bridgehead atoms. The molecule has 3 nitrogen and oxygen atoms in total. The second kappa shape index (κ2) is 3.47. The third-order valence-corrected chi connectivity index (χ3v) is 2.19. The van der Waals surface area contributed by atoms with Crippen molar-refractivity contribution < 1.29 is 4.79 Å². The molecule has 0 unspecified atom stereocenters. The Bertz CT molecular complexity index is 306. The van der Waals surface area contributed by atoms with Gasteiger partial charge >= 0.3 is 0 Å². The summed E-state index contributed by atoms with van der Waals surface area (Å²) >= 11 is 0. The van der Waals surface area contributed by atoms with Gasteiger partial charge in [-0.3, -0.25) is 4.79 Å². The van der Waals surface area contributed by atoms with Crippen molar-refractivity contribution >= 4 is 5.91 Å². The van der Waals surface area contributed by atoms with E-state index in [9.17, 15) is 4.79 Å². The second-order valence-corrected chi connectivity index (χ2v) is 3.20. The van der Waals surface area contributed by atoms with Crippen LogP contribution in [0.1, 0.15) is 23.3 Å². The van der Waals surface area contributed by atoms with Gasteiger partial charge in [0.2, 0.25) is 0 Å². The molecule has 0 aromatic carbocycles. The molecular weight excluding hydrogens is 164 g/mol. The molecule has 1 aromatic heterocycles. The predicted octanol–water partition coefficient (Wildman–Crippen LogP) is 1.46. The molecule has 0 radical (unpaired) electrons. The lowest BCUT2D eigenvalue weighted by atomic mass is 10.2. The second-order valence-electron chi connectivity index (χ2n) is 3.20. The topological polar surface area (TPSA) is 44.9 Å². The molecule has 1 heterocycles. The van der Waals surface area contributed by atoms with E-state index in [2.05, 4.69) is 22.5 Å². The molecule has 0 spiro atoms. The molecular formula is C10H12N2O. The van der Waals surface area contributed by atoms with Crippen LogP contribution in [-0.4, -0.2) is 16.9 Å². The van der Waals surface area contributed by atoms with Crippen molar-refractivity contribution in [3.8, 4) is 0 Å². The van der Waals surface area contributed by atoms with Crippen molar-refractivity contribution in [2.45, 2.75) is 18.9 Å². The smallest absolute Gasteiger partial charge is 0.267 e. The lowest BCUT2D eigenvalue weighted by molar-refractivity contribution is 0.0934. The first kappa shape index (κ1) is 8.10. The van der Waals surface area contributed by atoms with Crippen molar-refractivity contribution in [2.24, 2.45) is 0 Å². The molecule has 1 aliphatic rings. The average Bonchev–Trinajstić information content (AvgIpc) is 2.74. The van der Waals surface area contributed by atoms with Gasteiger partial charge in [-0.2, -0.15) is 0 Å². The van der Waals surface area contributed by atoms with Gasteiger partial charge in [0.25, 0.3) is 5.91 Å². The molecule has 2 rings (SSSR count). The molecule has 13 heavy (non-hydrogen) atoms. The zero-order valence-corrected chi connectivity index (χ0v) is 7.29. The zero-order chi connectivity index (χ0) is 9.10. The summed E-state index contributed by atoms with van der Waals surface area (Å²) in [7, 11) is 0. The number of hydrogen-bond acceptors (Lipinski definition) is 1. The fourth-order valence-corrected chi connectivity index (χ4v) is 1.47. The fourth-order valence-electron chi connectivity index (χ4n) is 1.47. The number of aromatic nitrogens is 1. The van der Waals surface area contributed by atoms with Crippen LogP contribution in [0.2, 0.25) is 0 Å². The number of carbonyl (C=O) groups excluding carboxylic acids is 1. The molecule has 68 valence electrons. The Morgan fingerprint density at radius 3 is 2.85 bits per heavy atom. The molecule has 0 saturated carbocycles. The van der Waals surface area contributed by atoms with Gasteiger partial charge in [0.15, 0.2) is 0 Å². The summed E-state index contributed by atoms with van der Waals surface area (Å²) in [5.74, 6) is -0.0151. The van der Waals surface area contributed by atoms with Gasteiger partial charge in [0, 0.05) is 12.2 Å². The van der Waals surface area contributed by atoms with E-state index in [0.29, 0.717) is 5.69 Å². The van der Waals surface area contributed by atoms with Crippen LogP contribution in [0.25, 0.3) is 0 Å². The van der Waals surface area contributed by atoms with Crippen LogP contribution in [-0.2, 0) is 0 Å². The highest BCUT2D eigenvalue weighted by molar-refractivity contribution is 5.92. The summed E-state index contributed by atoms with van der Waals surface area (Å²) in [5.41, 5.74) is 0.631. The summed E-state index contributed by atoms with van der Waals surface area (Å²) in [6, 6.07) is 3.88. The van der Waals surface area contributed by atoms with Gasteiger partial charge in [-0.1, -0.05) is 12.2 Å². The lowest BCUT2D eigenvalue weighted by Gasteiger charge is -2.10. The first-order chi connectivity index (χ1) is 6.36. The van der Waals surface area contributed by atoms with Gasteiger partial charge in [-0.05, 0) is 25.0 Å². The summed E-state index contributed by atoms with van der Waals surface area (Å²) in [6.45, 7) is 0. The number of H-pyrrole nitrogens is 1. The minimum atomic E-state index is -0.0151. The van der Waals surface area contributed by atoms with Crippen LogP contribution in [0, 0.1) is 0 Å². The summed E-state index contributed by atoms with van der Waals surface area (Å²) in [6.07, 6.45) is 7.85. The Morgan fingerprint density at radius 1 is 1.46 bits per heavy atom. The van der Waals surface area contributed by atoms with E-state index in [-0.39, 0.29) is 11.9 Å². The number of rotatable bonds is 2. The molecule has 1 aliphatic carbocycles. The van der Waals surface area contributed by atoms with Crippen LogP contribution < -0.4 is 5.32 Å². The Labute approximate surface area is 76.8 Å². The first-order valence-electron chi connectivity index (χ1n) is 4.45. The van der Waals surface area contributed by atoms with E-state index in [4.69, 9.17) is 0 Å². The van der Waals surface area contributed by atoms with Gasteiger partial charge in [0.1, 0.15) is 5.69 Å². The number of amides is 1. The van der Waals surface area contributed by atoms with E-state index >= 15 is 0 Å². The van der Waals surface area contributed by atoms with E-state index < -0.39 is 0 Å². The van der Waals surface area contributed by atoms with Crippen molar-refractivity contribution in [2.75, 3.05) is 0 Å². The molecule has 1 amide bonds. The van der Waals surface area contributed by atoms with E-state index in [1.54, 1.807) is 12.3 Å². The SMILES string of the molecule is O=C(NC1CC=CC1)c1ccc[nH]1. The van der Waals surface area contributed by atoms with Crippen molar-refractivity contribution in [1.82, 2.24) is 10.3 Å². The Hall–Kier alpha value is -1.51. The van der Waals surface area contributed by atoms with Crippen LogP contribution in [0.5, 0.6) is 0 Å². The molecule has 0 aliphatic heterocycles.